The Morgan fingerprint density at radius 1 is 1.03 bits per heavy atom. The average molecular weight is 499 g/mol. The lowest BCUT2D eigenvalue weighted by Crippen LogP contribution is -2.30. The lowest BCUT2D eigenvalue weighted by atomic mass is 10.2. The number of carbonyl (C=O) groups is 3. The Bertz CT molecular complexity index is 1190. The highest BCUT2D eigenvalue weighted by atomic mass is 32.2. The summed E-state index contributed by atoms with van der Waals surface area (Å²) in [5.74, 6) is -2.60. The molecule has 12 heteroatoms. The first kappa shape index (κ1) is 24.4. The zero-order chi connectivity index (χ0) is 24.2. The van der Waals surface area contributed by atoms with E-state index in [9.17, 15) is 27.6 Å². The maximum absolute atomic E-state index is 12.7. The maximum atomic E-state index is 12.7. The number of thioether (sulfide) groups is 1. The second-order valence-corrected chi connectivity index (χ2v) is 8.57. The summed E-state index contributed by atoms with van der Waals surface area (Å²) < 4.78 is 48.3. The summed E-state index contributed by atoms with van der Waals surface area (Å²) >= 11 is 2.09. The summed E-state index contributed by atoms with van der Waals surface area (Å²) in [5.41, 5.74) is 0.334. The number of thiophene rings is 1. The molecule has 0 aliphatic heterocycles. The zero-order valence-corrected chi connectivity index (χ0v) is 18.9. The summed E-state index contributed by atoms with van der Waals surface area (Å²) in [6.07, 6.45) is -5.12. The SMILES string of the molecule is COC(=O)c1sc2cc(SCC(=O)Nc3ccc(OC)cc3)ccc2c1NC(=O)C(F)(F)F. The van der Waals surface area contributed by atoms with Crippen LogP contribution >= 0.6 is 23.1 Å². The number of halogens is 3. The second-order valence-electron chi connectivity index (χ2n) is 6.47. The topological polar surface area (TPSA) is 93.7 Å². The first-order chi connectivity index (χ1) is 15.6. The van der Waals surface area contributed by atoms with Gasteiger partial charge >= 0.3 is 18.1 Å². The number of methoxy groups -OCH3 is 2. The third-order valence-corrected chi connectivity index (χ3v) is 6.40. The summed E-state index contributed by atoms with van der Waals surface area (Å²) in [6, 6.07) is 11.5. The molecular weight excluding hydrogens is 481 g/mol. The molecule has 0 atom stereocenters. The lowest BCUT2D eigenvalue weighted by molar-refractivity contribution is -0.167. The molecule has 7 nitrogen and oxygen atoms in total. The Hall–Kier alpha value is -3.25. The number of fused-ring (bicyclic) bond motifs is 1. The minimum atomic E-state index is -5.12. The highest BCUT2D eigenvalue weighted by Gasteiger charge is 2.40. The van der Waals surface area contributed by atoms with Crippen LogP contribution in [-0.2, 0) is 14.3 Å². The number of carbonyl (C=O) groups excluding carboxylic acids is 3. The van der Waals surface area contributed by atoms with Crippen molar-refractivity contribution in [2.75, 3.05) is 30.6 Å². The third kappa shape index (κ3) is 5.96. The second kappa shape index (κ2) is 10.1. The Balaban J connectivity index is 1.76. The number of nitrogens with one attached hydrogen (secondary N) is 2. The van der Waals surface area contributed by atoms with Crippen molar-refractivity contribution in [3.63, 3.8) is 0 Å². The summed E-state index contributed by atoms with van der Waals surface area (Å²) in [5, 5.41) is 4.76. The summed E-state index contributed by atoms with van der Waals surface area (Å²) in [7, 11) is 2.63. The minimum Gasteiger partial charge on any atom is -0.497 e. The highest BCUT2D eigenvalue weighted by Crippen LogP contribution is 2.39. The number of anilines is 2. The van der Waals surface area contributed by atoms with E-state index in [4.69, 9.17) is 4.74 Å². The van der Waals surface area contributed by atoms with Crippen molar-refractivity contribution in [3.8, 4) is 5.75 Å². The van der Waals surface area contributed by atoms with Gasteiger partial charge in [0.05, 0.1) is 25.7 Å². The molecule has 0 spiro atoms. The molecule has 33 heavy (non-hydrogen) atoms. The Morgan fingerprint density at radius 3 is 2.33 bits per heavy atom. The van der Waals surface area contributed by atoms with Gasteiger partial charge in [-0.05, 0) is 36.4 Å². The van der Waals surface area contributed by atoms with Gasteiger partial charge in [0.25, 0.3) is 0 Å². The van der Waals surface area contributed by atoms with E-state index < -0.39 is 18.1 Å². The van der Waals surface area contributed by atoms with Gasteiger partial charge in [0, 0.05) is 20.7 Å². The van der Waals surface area contributed by atoms with Crippen LogP contribution in [0.25, 0.3) is 10.1 Å². The minimum absolute atomic E-state index is 0.0738. The molecule has 0 aliphatic rings. The van der Waals surface area contributed by atoms with Crippen molar-refractivity contribution in [1.29, 1.82) is 0 Å². The predicted octanol–water partition coefficient (Wildman–Crippen LogP) is 4.93. The van der Waals surface area contributed by atoms with Crippen molar-refractivity contribution in [2.24, 2.45) is 0 Å². The van der Waals surface area contributed by atoms with Crippen molar-refractivity contribution < 1.29 is 37.0 Å². The van der Waals surface area contributed by atoms with Gasteiger partial charge in [0.2, 0.25) is 5.91 Å². The van der Waals surface area contributed by atoms with E-state index in [0.717, 1.165) is 18.4 Å². The van der Waals surface area contributed by atoms with Gasteiger partial charge in [-0.25, -0.2) is 4.79 Å². The standard InChI is InChI=1S/C21H17F3N2O5S2/c1-30-12-5-3-11(4-6-12)25-16(27)10-32-13-7-8-14-15(9-13)33-18(19(28)31-2)17(14)26-20(29)21(22,23)24/h3-9H,10H2,1-2H3,(H,25,27)(H,26,29). The van der Waals surface area contributed by atoms with Crippen LogP contribution in [0.5, 0.6) is 5.75 Å². The number of alkyl halides is 3. The predicted molar refractivity (Wildman–Crippen MR) is 120 cm³/mol. The van der Waals surface area contributed by atoms with Crippen LogP contribution in [0.3, 0.4) is 0 Å². The zero-order valence-electron chi connectivity index (χ0n) is 17.2. The van der Waals surface area contributed by atoms with E-state index in [1.807, 2.05) is 0 Å². The number of hydrogen-bond acceptors (Lipinski definition) is 7. The van der Waals surface area contributed by atoms with Crippen molar-refractivity contribution in [1.82, 2.24) is 0 Å². The first-order valence-electron chi connectivity index (χ1n) is 9.22. The molecule has 2 amide bonds. The van der Waals surface area contributed by atoms with Crippen LogP contribution in [0.15, 0.2) is 47.4 Å². The van der Waals surface area contributed by atoms with E-state index in [1.54, 1.807) is 41.7 Å². The Kier molecular flexibility index (Phi) is 7.49. The number of benzene rings is 2. The molecule has 1 heterocycles. The van der Waals surface area contributed by atoms with Gasteiger partial charge < -0.3 is 20.1 Å². The molecule has 0 bridgehead atoms. The van der Waals surface area contributed by atoms with Gasteiger partial charge in [-0.1, -0.05) is 6.07 Å². The quantitative estimate of drug-likeness (QED) is 0.355. The fourth-order valence-electron chi connectivity index (χ4n) is 2.73. The Morgan fingerprint density at radius 2 is 1.73 bits per heavy atom. The highest BCUT2D eigenvalue weighted by molar-refractivity contribution is 8.00. The molecule has 2 aromatic carbocycles. The Labute approximate surface area is 194 Å². The molecule has 3 aromatic rings. The van der Waals surface area contributed by atoms with Crippen LogP contribution in [0, 0.1) is 0 Å². The fraction of sp³-hybridized carbons (Fsp3) is 0.190. The van der Waals surface area contributed by atoms with Gasteiger partial charge in [-0.15, -0.1) is 23.1 Å². The molecule has 0 aliphatic carbocycles. The van der Waals surface area contributed by atoms with E-state index in [0.29, 0.717) is 21.0 Å². The molecule has 3 rings (SSSR count). The summed E-state index contributed by atoms with van der Waals surface area (Å²) in [4.78, 5) is 36.2. The summed E-state index contributed by atoms with van der Waals surface area (Å²) in [6.45, 7) is 0. The molecule has 0 fully saturated rings. The van der Waals surface area contributed by atoms with Crippen molar-refractivity contribution in [2.45, 2.75) is 11.1 Å². The smallest absolute Gasteiger partial charge is 0.471 e. The van der Waals surface area contributed by atoms with Gasteiger partial charge in [0.15, 0.2) is 0 Å². The van der Waals surface area contributed by atoms with Crippen LogP contribution in [-0.4, -0.2) is 43.9 Å². The van der Waals surface area contributed by atoms with E-state index in [2.05, 4.69) is 10.1 Å². The molecule has 0 saturated carbocycles. The van der Waals surface area contributed by atoms with Gasteiger partial charge in [-0.3, -0.25) is 9.59 Å². The van der Waals surface area contributed by atoms with Crippen molar-refractivity contribution >= 4 is 62.3 Å². The van der Waals surface area contributed by atoms with E-state index >= 15 is 0 Å². The van der Waals surface area contributed by atoms with Crippen LogP contribution < -0.4 is 15.4 Å². The fourth-order valence-corrected chi connectivity index (χ4v) is 4.66. The number of hydrogen-bond donors (Lipinski definition) is 2. The lowest BCUT2D eigenvalue weighted by Gasteiger charge is -2.09. The molecule has 0 unspecified atom stereocenters. The normalized spacial score (nSPS) is 11.2. The van der Waals surface area contributed by atoms with Crippen LogP contribution in [0.4, 0.5) is 24.5 Å². The van der Waals surface area contributed by atoms with E-state index in [1.165, 1.54) is 24.9 Å². The third-order valence-electron chi connectivity index (χ3n) is 4.27. The first-order valence-corrected chi connectivity index (χ1v) is 11.0. The van der Waals surface area contributed by atoms with Gasteiger partial charge in [-0.2, -0.15) is 13.2 Å². The molecule has 0 radical (unpaired) electrons. The van der Waals surface area contributed by atoms with Crippen LogP contribution in [0.2, 0.25) is 0 Å². The average Bonchev–Trinajstić information content (AvgIpc) is 3.14. The van der Waals surface area contributed by atoms with E-state index in [-0.39, 0.29) is 27.6 Å². The maximum Gasteiger partial charge on any atom is 0.471 e. The largest absolute Gasteiger partial charge is 0.497 e. The molecular formula is C21H17F3N2O5S2. The molecule has 0 saturated heterocycles. The molecule has 1 aromatic heterocycles. The molecule has 2 N–H and O–H groups in total. The molecule has 174 valence electrons. The van der Waals surface area contributed by atoms with Gasteiger partial charge in [0.1, 0.15) is 10.6 Å². The number of esters is 1. The van der Waals surface area contributed by atoms with Crippen LogP contribution in [0.1, 0.15) is 9.67 Å². The monoisotopic (exact) mass is 498 g/mol. The number of amides is 2. The number of rotatable bonds is 7. The number of ether oxygens (including phenoxy) is 2. The van der Waals surface area contributed by atoms with Crippen molar-refractivity contribution in [3.05, 3.63) is 47.3 Å².